The van der Waals surface area contributed by atoms with Crippen LogP contribution in [-0.4, -0.2) is 59.0 Å². The highest BCUT2D eigenvalue weighted by Gasteiger charge is 2.56. The molecule has 1 unspecified atom stereocenters. The number of aliphatic hydroxyl groups excluding tert-OH is 1. The molecule has 4 heterocycles. The molecule has 9 nitrogen and oxygen atoms in total. The molecule has 0 bridgehead atoms. The summed E-state index contributed by atoms with van der Waals surface area (Å²) in [5.41, 5.74) is 2.07. The van der Waals surface area contributed by atoms with Crippen LogP contribution in [0.4, 0.5) is 0 Å². The Labute approximate surface area is 195 Å². The number of aliphatic hydroxyl groups is 1. The van der Waals surface area contributed by atoms with Gasteiger partial charge in [0.25, 0.3) is 0 Å². The number of fused-ring (bicyclic) bond motifs is 3. The van der Waals surface area contributed by atoms with E-state index >= 15 is 0 Å². The molecule has 9 heteroatoms. The van der Waals surface area contributed by atoms with Crippen molar-refractivity contribution in [3.05, 3.63) is 52.7 Å². The lowest BCUT2D eigenvalue weighted by molar-refractivity contribution is -0.207. The highest BCUT2D eigenvalue weighted by Crippen LogP contribution is 2.39. The molecule has 5 atom stereocenters. The molecule has 2 fully saturated rings. The molecule has 6 rings (SSSR count). The van der Waals surface area contributed by atoms with Crippen molar-refractivity contribution in [2.24, 2.45) is 5.16 Å². The fourth-order valence-electron chi connectivity index (χ4n) is 5.19. The Kier molecular flexibility index (Phi) is 4.93. The Balaban J connectivity index is 1.30. The number of ether oxygens (including phenoxy) is 4. The summed E-state index contributed by atoms with van der Waals surface area (Å²) in [6.45, 7) is 4.01. The first-order chi connectivity index (χ1) is 16.4. The number of para-hydroxylation sites is 2. The molecule has 34 heavy (non-hydrogen) atoms. The Morgan fingerprint density at radius 1 is 1.15 bits per heavy atom. The number of aromatic nitrogens is 1. The second-order valence-electron chi connectivity index (χ2n) is 9.34. The predicted molar refractivity (Wildman–Crippen MR) is 124 cm³/mol. The zero-order valence-electron chi connectivity index (χ0n) is 19.1. The Morgan fingerprint density at radius 3 is 2.74 bits per heavy atom. The number of hydrogen-bond donors (Lipinski definition) is 1. The molecule has 3 aliphatic heterocycles. The average molecular weight is 466 g/mol. The molecule has 0 spiro atoms. The minimum Gasteiger partial charge on any atom is -0.495 e. The van der Waals surface area contributed by atoms with Crippen LogP contribution in [0.5, 0.6) is 5.75 Å². The van der Waals surface area contributed by atoms with Crippen LogP contribution in [0.2, 0.25) is 0 Å². The van der Waals surface area contributed by atoms with Crippen LogP contribution in [0.3, 0.4) is 0 Å². The van der Waals surface area contributed by atoms with Gasteiger partial charge < -0.3 is 33.5 Å². The Hall–Kier alpha value is -2.98. The molecule has 178 valence electrons. The molecule has 0 aliphatic carbocycles. The first-order valence-corrected chi connectivity index (χ1v) is 11.4. The number of nitrogens with zero attached hydrogens (tertiary/aromatic N) is 2. The van der Waals surface area contributed by atoms with Crippen LogP contribution < -0.4 is 10.2 Å². The molecule has 0 amide bonds. The average Bonchev–Trinajstić information content (AvgIpc) is 3.49. The Morgan fingerprint density at radius 2 is 1.94 bits per heavy atom. The Bertz CT molecular complexity index is 1360. The lowest BCUT2D eigenvalue weighted by Gasteiger charge is -2.22. The summed E-state index contributed by atoms with van der Waals surface area (Å²) in [5.74, 6) is -0.192. The zero-order valence-corrected chi connectivity index (χ0v) is 19.1. The van der Waals surface area contributed by atoms with Gasteiger partial charge in [-0.25, -0.2) is 0 Å². The van der Waals surface area contributed by atoms with E-state index in [4.69, 9.17) is 23.8 Å². The minimum absolute atomic E-state index is 0.0398. The molecule has 2 aromatic carbocycles. The summed E-state index contributed by atoms with van der Waals surface area (Å²) in [6.07, 6.45) is -2.63. The van der Waals surface area contributed by atoms with Gasteiger partial charge in [-0.2, -0.15) is 0 Å². The van der Waals surface area contributed by atoms with Crippen LogP contribution in [-0.2, 0) is 25.6 Å². The van der Waals surface area contributed by atoms with Gasteiger partial charge in [-0.15, -0.1) is 0 Å². The lowest BCUT2D eigenvalue weighted by Crippen LogP contribution is -2.38. The highest BCUT2D eigenvalue weighted by molar-refractivity contribution is 5.96. The van der Waals surface area contributed by atoms with Gasteiger partial charge in [-0.1, -0.05) is 23.4 Å². The van der Waals surface area contributed by atoms with Crippen molar-refractivity contribution in [2.75, 3.05) is 7.11 Å². The number of oxime groups is 1. The van der Waals surface area contributed by atoms with Crippen molar-refractivity contribution in [3.63, 3.8) is 0 Å². The van der Waals surface area contributed by atoms with Crippen molar-refractivity contribution in [1.82, 2.24) is 4.57 Å². The number of hydrogen-bond acceptors (Lipinski definition) is 8. The van der Waals surface area contributed by atoms with E-state index in [1.165, 1.54) is 0 Å². The van der Waals surface area contributed by atoms with Gasteiger partial charge in [-0.3, -0.25) is 4.79 Å². The van der Waals surface area contributed by atoms with Gasteiger partial charge in [0.2, 0.25) is 0 Å². The standard InChI is InChI=1S/C25H26N2O7/c1-25(2)32-23-21(29)22(31-24(23)33-25)16-11-13(34-26-16)12-27-17-9-5-4-7-14(17)20(28)15-8-6-10-18(30-3)19(15)27/h4-10,13,21-24,29H,11-12H2,1-3H3/t13?,21-,22+,23+,24+/m0/s1. The maximum Gasteiger partial charge on any atom is 0.197 e. The van der Waals surface area contributed by atoms with Gasteiger partial charge in [0.1, 0.15) is 24.1 Å². The molecular weight excluding hydrogens is 440 g/mol. The van der Waals surface area contributed by atoms with Crippen molar-refractivity contribution >= 4 is 27.5 Å². The topological polar surface area (TPSA) is 101 Å². The first-order valence-electron chi connectivity index (χ1n) is 11.4. The minimum atomic E-state index is -0.901. The summed E-state index contributed by atoms with van der Waals surface area (Å²) >= 11 is 0. The smallest absolute Gasteiger partial charge is 0.197 e. The molecule has 3 aromatic rings. The summed E-state index contributed by atoms with van der Waals surface area (Å²) in [7, 11) is 1.59. The van der Waals surface area contributed by atoms with E-state index in [1.54, 1.807) is 21.0 Å². The molecule has 2 saturated heterocycles. The van der Waals surface area contributed by atoms with Gasteiger partial charge in [-0.05, 0) is 38.1 Å². The SMILES string of the molecule is COc1cccc2c(=O)c3ccccc3n(CC3CC([C@H]4O[C@@H]5OC(C)(C)O[C@@H]5[C@H]4O)=NO3)c12. The maximum atomic E-state index is 13.2. The van der Waals surface area contributed by atoms with Crippen molar-refractivity contribution in [2.45, 2.75) is 63.3 Å². The van der Waals surface area contributed by atoms with E-state index in [0.29, 0.717) is 40.7 Å². The van der Waals surface area contributed by atoms with E-state index in [0.717, 1.165) is 5.52 Å². The van der Waals surface area contributed by atoms with E-state index in [-0.39, 0.29) is 11.5 Å². The molecular formula is C25H26N2O7. The van der Waals surface area contributed by atoms with Gasteiger partial charge in [0.05, 0.1) is 35.8 Å². The second kappa shape index (κ2) is 7.78. The highest BCUT2D eigenvalue weighted by atomic mass is 16.8. The van der Waals surface area contributed by atoms with Gasteiger partial charge in [0.15, 0.2) is 23.6 Å². The first kappa shape index (κ1) is 21.5. The molecule has 0 radical (unpaired) electrons. The third-order valence-corrected chi connectivity index (χ3v) is 6.66. The van der Waals surface area contributed by atoms with E-state index < -0.39 is 30.4 Å². The second-order valence-corrected chi connectivity index (χ2v) is 9.34. The quantitative estimate of drug-likeness (QED) is 0.590. The lowest BCUT2D eigenvalue weighted by atomic mass is 10.0. The molecule has 3 aliphatic rings. The van der Waals surface area contributed by atoms with Crippen molar-refractivity contribution in [1.29, 1.82) is 0 Å². The van der Waals surface area contributed by atoms with Crippen LogP contribution >= 0.6 is 0 Å². The number of rotatable bonds is 4. The van der Waals surface area contributed by atoms with Crippen LogP contribution in [0.1, 0.15) is 20.3 Å². The summed E-state index contributed by atoms with van der Waals surface area (Å²) < 4.78 is 25.1. The van der Waals surface area contributed by atoms with Crippen molar-refractivity contribution < 1.29 is 28.9 Å². The van der Waals surface area contributed by atoms with E-state index in [9.17, 15) is 9.90 Å². The zero-order chi connectivity index (χ0) is 23.6. The van der Waals surface area contributed by atoms with Crippen molar-refractivity contribution in [3.8, 4) is 5.75 Å². The summed E-state index contributed by atoms with van der Waals surface area (Å²) in [4.78, 5) is 18.9. The predicted octanol–water partition coefficient (Wildman–Crippen LogP) is 2.55. The summed E-state index contributed by atoms with van der Waals surface area (Å²) in [6, 6.07) is 13.0. The third-order valence-electron chi connectivity index (χ3n) is 6.66. The third kappa shape index (κ3) is 3.31. The molecule has 1 aromatic heterocycles. The monoisotopic (exact) mass is 466 g/mol. The fraction of sp³-hybridized carbons (Fsp3) is 0.440. The van der Waals surface area contributed by atoms with E-state index in [2.05, 4.69) is 5.16 Å². The van der Waals surface area contributed by atoms with Crippen LogP contribution in [0.15, 0.2) is 52.4 Å². The van der Waals surface area contributed by atoms with Crippen LogP contribution in [0, 0.1) is 0 Å². The molecule has 0 saturated carbocycles. The number of pyridine rings is 1. The van der Waals surface area contributed by atoms with Gasteiger partial charge >= 0.3 is 0 Å². The maximum absolute atomic E-state index is 13.2. The number of benzene rings is 2. The van der Waals surface area contributed by atoms with E-state index in [1.807, 2.05) is 47.0 Å². The van der Waals surface area contributed by atoms with Gasteiger partial charge in [0, 0.05) is 11.8 Å². The van der Waals surface area contributed by atoms with Crippen LogP contribution in [0.25, 0.3) is 21.8 Å². The largest absolute Gasteiger partial charge is 0.495 e. The summed E-state index contributed by atoms with van der Waals surface area (Å²) in [5, 5.41) is 16.2. The molecule has 1 N–H and O–H groups in total. The fourth-order valence-corrected chi connectivity index (χ4v) is 5.19. The number of methoxy groups -OCH3 is 1. The normalized spacial score (nSPS) is 29.9.